The third-order valence-corrected chi connectivity index (χ3v) is 3.52. The van der Waals surface area contributed by atoms with Crippen molar-refractivity contribution in [3.8, 4) is 0 Å². The van der Waals surface area contributed by atoms with Crippen LogP contribution >= 0.6 is 0 Å². The van der Waals surface area contributed by atoms with E-state index in [0.29, 0.717) is 11.5 Å². The van der Waals surface area contributed by atoms with E-state index in [1.807, 2.05) is 18.9 Å². The molecule has 0 aromatic carbocycles. The molecule has 2 rings (SSSR count). The topological polar surface area (TPSA) is 45.2 Å². The zero-order chi connectivity index (χ0) is 13.0. The fourth-order valence-electron chi connectivity index (χ4n) is 2.26. The van der Waals surface area contributed by atoms with Crippen LogP contribution in [0.2, 0.25) is 0 Å². The molecule has 0 bridgehead atoms. The molecule has 1 fully saturated rings. The van der Waals surface area contributed by atoms with Crippen LogP contribution in [0.25, 0.3) is 0 Å². The number of pyridine rings is 1. The van der Waals surface area contributed by atoms with Gasteiger partial charge in [0, 0.05) is 26.3 Å². The summed E-state index contributed by atoms with van der Waals surface area (Å²) in [7, 11) is 1.89. The Morgan fingerprint density at radius 3 is 2.94 bits per heavy atom. The molecule has 1 heterocycles. The van der Waals surface area contributed by atoms with Crippen molar-refractivity contribution in [2.75, 3.05) is 25.5 Å². The van der Waals surface area contributed by atoms with Gasteiger partial charge in [-0.1, -0.05) is 6.42 Å². The van der Waals surface area contributed by atoms with E-state index < -0.39 is 0 Å². The van der Waals surface area contributed by atoms with E-state index >= 15 is 0 Å². The second kappa shape index (κ2) is 5.85. The van der Waals surface area contributed by atoms with Crippen LogP contribution in [0.3, 0.4) is 0 Å². The molecular formula is C14H21N3O. The molecule has 1 amide bonds. The lowest BCUT2D eigenvalue weighted by molar-refractivity contribution is 0.0746. The summed E-state index contributed by atoms with van der Waals surface area (Å²) < 4.78 is 0. The number of anilines is 1. The van der Waals surface area contributed by atoms with E-state index in [4.69, 9.17) is 0 Å². The minimum atomic E-state index is 0.0836. The normalized spacial score (nSPS) is 15.0. The molecule has 1 N–H and O–H groups in total. The molecule has 1 aromatic rings. The molecule has 1 aromatic heterocycles. The van der Waals surface area contributed by atoms with Crippen LogP contribution in [0, 0.1) is 5.92 Å². The first kappa shape index (κ1) is 12.9. The van der Waals surface area contributed by atoms with Crippen molar-refractivity contribution in [3.63, 3.8) is 0 Å². The van der Waals surface area contributed by atoms with Gasteiger partial charge in [0.15, 0.2) is 0 Å². The Balaban J connectivity index is 2.06. The predicted molar refractivity (Wildman–Crippen MR) is 72.7 cm³/mol. The second-order valence-corrected chi connectivity index (χ2v) is 4.93. The fourth-order valence-corrected chi connectivity index (χ4v) is 2.26. The molecule has 1 aliphatic carbocycles. The number of amides is 1. The number of nitrogens with one attached hydrogen (secondary N) is 1. The fraction of sp³-hybridized carbons (Fsp3) is 0.571. The molecule has 1 saturated carbocycles. The van der Waals surface area contributed by atoms with Gasteiger partial charge in [-0.2, -0.15) is 0 Å². The molecule has 0 atom stereocenters. The predicted octanol–water partition coefficient (Wildman–Crippen LogP) is 2.39. The summed E-state index contributed by atoms with van der Waals surface area (Å²) in [6.45, 7) is 3.67. The summed E-state index contributed by atoms with van der Waals surface area (Å²) in [6.07, 6.45) is 7.21. The molecule has 1 aliphatic rings. The number of hydrogen-bond donors (Lipinski definition) is 1. The summed E-state index contributed by atoms with van der Waals surface area (Å²) >= 11 is 0. The maximum absolute atomic E-state index is 12.4. The summed E-state index contributed by atoms with van der Waals surface area (Å²) in [5, 5.41) is 3.18. The molecule has 0 saturated heterocycles. The Bertz CT molecular complexity index is 415. The van der Waals surface area contributed by atoms with Crippen molar-refractivity contribution in [3.05, 3.63) is 24.0 Å². The highest BCUT2D eigenvalue weighted by molar-refractivity contribution is 5.99. The molecule has 4 nitrogen and oxygen atoms in total. The van der Waals surface area contributed by atoms with Crippen molar-refractivity contribution in [1.29, 1.82) is 0 Å². The molecule has 0 radical (unpaired) electrons. The number of aromatic nitrogens is 1. The first-order valence-electron chi connectivity index (χ1n) is 6.65. The van der Waals surface area contributed by atoms with E-state index in [2.05, 4.69) is 10.3 Å². The molecular weight excluding hydrogens is 226 g/mol. The summed E-state index contributed by atoms with van der Waals surface area (Å²) in [5.41, 5.74) is 1.54. The molecule has 0 spiro atoms. The maximum atomic E-state index is 12.4. The van der Waals surface area contributed by atoms with Gasteiger partial charge in [-0.3, -0.25) is 9.78 Å². The van der Waals surface area contributed by atoms with Gasteiger partial charge >= 0.3 is 0 Å². The van der Waals surface area contributed by atoms with Gasteiger partial charge in [0.2, 0.25) is 0 Å². The van der Waals surface area contributed by atoms with E-state index in [1.165, 1.54) is 19.3 Å². The van der Waals surface area contributed by atoms with Crippen LogP contribution in [0.5, 0.6) is 0 Å². The Kier molecular flexibility index (Phi) is 4.18. The van der Waals surface area contributed by atoms with Crippen molar-refractivity contribution in [2.24, 2.45) is 5.92 Å². The molecule has 18 heavy (non-hydrogen) atoms. The van der Waals surface area contributed by atoms with Gasteiger partial charge in [-0.25, -0.2) is 0 Å². The Labute approximate surface area is 108 Å². The lowest BCUT2D eigenvalue weighted by atomic mass is 9.85. The zero-order valence-corrected chi connectivity index (χ0v) is 11.1. The SMILES string of the molecule is CCNc1cnccc1C(=O)N(C)CC1CCC1. The average Bonchev–Trinajstić information content (AvgIpc) is 2.34. The lowest BCUT2D eigenvalue weighted by Crippen LogP contribution is -2.34. The molecule has 0 unspecified atom stereocenters. The van der Waals surface area contributed by atoms with Crippen LogP contribution in [0.4, 0.5) is 5.69 Å². The van der Waals surface area contributed by atoms with E-state index in [-0.39, 0.29) is 5.91 Å². The van der Waals surface area contributed by atoms with Crippen LogP contribution in [0.15, 0.2) is 18.5 Å². The second-order valence-electron chi connectivity index (χ2n) is 4.93. The highest BCUT2D eigenvalue weighted by atomic mass is 16.2. The van der Waals surface area contributed by atoms with Crippen molar-refractivity contribution >= 4 is 11.6 Å². The number of rotatable bonds is 5. The Morgan fingerprint density at radius 2 is 2.33 bits per heavy atom. The Morgan fingerprint density at radius 1 is 1.56 bits per heavy atom. The van der Waals surface area contributed by atoms with Crippen molar-refractivity contribution < 1.29 is 4.79 Å². The standard InChI is InChI=1S/C14H21N3O/c1-3-16-13-9-15-8-7-12(13)14(18)17(2)10-11-5-4-6-11/h7-9,11,16H,3-6,10H2,1-2H3. The van der Waals surface area contributed by atoms with E-state index in [1.54, 1.807) is 18.5 Å². The number of carbonyl (C=O) groups excluding carboxylic acids is 1. The highest BCUT2D eigenvalue weighted by Gasteiger charge is 2.23. The van der Waals surface area contributed by atoms with Crippen LogP contribution in [-0.4, -0.2) is 35.9 Å². The van der Waals surface area contributed by atoms with E-state index in [0.717, 1.165) is 18.8 Å². The first-order chi connectivity index (χ1) is 8.72. The lowest BCUT2D eigenvalue weighted by Gasteiger charge is -2.30. The highest BCUT2D eigenvalue weighted by Crippen LogP contribution is 2.27. The van der Waals surface area contributed by atoms with Gasteiger partial charge in [-0.05, 0) is 31.7 Å². The van der Waals surface area contributed by atoms with Crippen molar-refractivity contribution in [2.45, 2.75) is 26.2 Å². The van der Waals surface area contributed by atoms with Gasteiger partial charge in [0.1, 0.15) is 0 Å². The van der Waals surface area contributed by atoms with Gasteiger partial charge in [-0.15, -0.1) is 0 Å². The van der Waals surface area contributed by atoms with Crippen LogP contribution < -0.4 is 5.32 Å². The maximum Gasteiger partial charge on any atom is 0.255 e. The summed E-state index contributed by atoms with van der Waals surface area (Å²) in [5.74, 6) is 0.781. The van der Waals surface area contributed by atoms with Crippen LogP contribution in [-0.2, 0) is 0 Å². The minimum absolute atomic E-state index is 0.0836. The Hall–Kier alpha value is -1.58. The molecule has 4 heteroatoms. The minimum Gasteiger partial charge on any atom is -0.383 e. The number of nitrogens with zero attached hydrogens (tertiary/aromatic N) is 2. The van der Waals surface area contributed by atoms with Gasteiger partial charge < -0.3 is 10.2 Å². The average molecular weight is 247 g/mol. The third-order valence-electron chi connectivity index (χ3n) is 3.52. The quantitative estimate of drug-likeness (QED) is 0.869. The molecule has 98 valence electrons. The first-order valence-corrected chi connectivity index (χ1v) is 6.65. The van der Waals surface area contributed by atoms with Crippen molar-refractivity contribution in [1.82, 2.24) is 9.88 Å². The summed E-state index contributed by atoms with van der Waals surface area (Å²) in [6, 6.07) is 1.79. The number of carbonyl (C=O) groups is 1. The smallest absolute Gasteiger partial charge is 0.255 e. The molecule has 0 aliphatic heterocycles. The zero-order valence-electron chi connectivity index (χ0n) is 11.1. The largest absolute Gasteiger partial charge is 0.383 e. The number of hydrogen-bond acceptors (Lipinski definition) is 3. The van der Waals surface area contributed by atoms with Gasteiger partial charge in [0.05, 0.1) is 17.4 Å². The monoisotopic (exact) mass is 247 g/mol. The van der Waals surface area contributed by atoms with Gasteiger partial charge in [0.25, 0.3) is 5.91 Å². The van der Waals surface area contributed by atoms with Crippen LogP contribution in [0.1, 0.15) is 36.5 Å². The summed E-state index contributed by atoms with van der Waals surface area (Å²) in [4.78, 5) is 18.3. The van der Waals surface area contributed by atoms with E-state index in [9.17, 15) is 4.79 Å². The third kappa shape index (κ3) is 2.81.